The molecule has 0 heterocycles. The highest BCUT2D eigenvalue weighted by Gasteiger charge is 2.30. The van der Waals surface area contributed by atoms with Crippen molar-refractivity contribution >= 4 is 29.7 Å². The van der Waals surface area contributed by atoms with E-state index in [4.69, 9.17) is 9.84 Å². The Morgan fingerprint density at radius 1 is 1.06 bits per heavy atom. The quantitative estimate of drug-likeness (QED) is 0.430. The molecule has 3 rings (SSSR count). The van der Waals surface area contributed by atoms with Crippen LogP contribution in [-0.4, -0.2) is 65.5 Å². The molecular weight excluding hydrogens is 432 g/mol. The number of amides is 2. The van der Waals surface area contributed by atoms with Gasteiger partial charge < -0.3 is 25.6 Å². The molecular formula is C23H26N2O6S. The maximum atomic E-state index is 12.5. The number of hydrogen-bond acceptors (Lipinski definition) is 6. The summed E-state index contributed by atoms with van der Waals surface area (Å²) >= 11 is 1.51. The van der Waals surface area contributed by atoms with E-state index in [1.54, 1.807) is 0 Å². The van der Waals surface area contributed by atoms with Crippen molar-refractivity contribution in [3.8, 4) is 11.1 Å². The second kappa shape index (κ2) is 11.0. The van der Waals surface area contributed by atoms with Crippen molar-refractivity contribution in [1.82, 2.24) is 10.6 Å². The highest BCUT2D eigenvalue weighted by molar-refractivity contribution is 7.98. The fraction of sp³-hybridized carbons (Fsp3) is 0.348. The van der Waals surface area contributed by atoms with Gasteiger partial charge in [-0.2, -0.15) is 11.8 Å². The molecule has 0 radical (unpaired) electrons. The summed E-state index contributed by atoms with van der Waals surface area (Å²) in [6, 6.07) is 15.1. The first-order valence-electron chi connectivity index (χ1n) is 10.2. The monoisotopic (exact) mass is 458 g/mol. The molecule has 0 saturated heterocycles. The summed E-state index contributed by atoms with van der Waals surface area (Å²) in [4.78, 5) is 35.6. The van der Waals surface area contributed by atoms with E-state index in [9.17, 15) is 19.5 Å². The summed E-state index contributed by atoms with van der Waals surface area (Å²) in [5.41, 5.74) is 4.40. The van der Waals surface area contributed by atoms with E-state index in [0.29, 0.717) is 12.2 Å². The number of ether oxygens (including phenoxy) is 1. The lowest BCUT2D eigenvalue weighted by Gasteiger charge is -2.20. The molecule has 9 heteroatoms. The van der Waals surface area contributed by atoms with Crippen LogP contribution in [0.15, 0.2) is 48.5 Å². The van der Waals surface area contributed by atoms with E-state index in [0.717, 1.165) is 22.3 Å². The lowest BCUT2D eigenvalue weighted by Crippen LogP contribution is -2.49. The van der Waals surface area contributed by atoms with Crippen molar-refractivity contribution in [2.24, 2.45) is 0 Å². The average molecular weight is 459 g/mol. The number of hydrogen-bond donors (Lipinski definition) is 4. The number of aliphatic hydroxyl groups is 1. The molecule has 0 aliphatic heterocycles. The molecule has 1 aliphatic carbocycles. The minimum Gasteiger partial charge on any atom is -0.479 e. The van der Waals surface area contributed by atoms with Gasteiger partial charge in [0.1, 0.15) is 12.6 Å². The van der Waals surface area contributed by atoms with Gasteiger partial charge in [0.25, 0.3) is 0 Å². The molecule has 4 N–H and O–H groups in total. The van der Waals surface area contributed by atoms with E-state index in [2.05, 4.69) is 10.6 Å². The molecule has 0 bridgehead atoms. The minimum atomic E-state index is -1.71. The van der Waals surface area contributed by atoms with Crippen molar-refractivity contribution in [3.05, 3.63) is 59.7 Å². The van der Waals surface area contributed by atoms with Gasteiger partial charge in [0, 0.05) is 5.92 Å². The first kappa shape index (κ1) is 23.6. The number of carboxylic acid groups (broad SMARTS) is 1. The third kappa shape index (κ3) is 5.60. The summed E-state index contributed by atoms with van der Waals surface area (Å²) in [6.45, 7) is -0.329. The molecule has 8 nitrogen and oxygen atoms in total. The van der Waals surface area contributed by atoms with Gasteiger partial charge in [-0.3, -0.25) is 4.79 Å². The van der Waals surface area contributed by atoms with Crippen molar-refractivity contribution < 1.29 is 29.3 Å². The van der Waals surface area contributed by atoms with Crippen LogP contribution >= 0.6 is 11.8 Å². The number of thioether (sulfide) groups is 1. The van der Waals surface area contributed by atoms with Crippen LogP contribution in [0.1, 0.15) is 23.5 Å². The zero-order valence-corrected chi connectivity index (χ0v) is 18.4. The number of rotatable bonds is 10. The van der Waals surface area contributed by atoms with Crippen molar-refractivity contribution in [2.75, 3.05) is 25.2 Å². The standard InChI is InChI=1S/C23H26N2O6S/c1-32-11-10-19(21(27)24-12-20(26)22(28)29)25-23(30)31-13-18-16-8-4-2-6-14(16)15-7-3-5-9-17(15)18/h2-9,18-20,26H,10-13H2,1H3,(H,24,27)(H,25,30)(H,28,29)/t19-,20+/m1/s1. The minimum absolute atomic E-state index is 0.0997. The Morgan fingerprint density at radius 3 is 2.22 bits per heavy atom. The number of carboxylic acids is 1. The fourth-order valence-electron chi connectivity index (χ4n) is 3.69. The van der Waals surface area contributed by atoms with Crippen molar-refractivity contribution in [2.45, 2.75) is 24.5 Å². The van der Waals surface area contributed by atoms with Crippen LogP contribution in [0.5, 0.6) is 0 Å². The summed E-state index contributed by atoms with van der Waals surface area (Å²) in [5, 5.41) is 23.0. The van der Waals surface area contributed by atoms with Crippen LogP contribution in [0.3, 0.4) is 0 Å². The van der Waals surface area contributed by atoms with Crippen molar-refractivity contribution in [3.63, 3.8) is 0 Å². The number of benzene rings is 2. The SMILES string of the molecule is CSCC[C@@H](NC(=O)OCC1c2ccccc2-c2ccccc21)C(=O)NC[C@H](O)C(=O)O. The summed E-state index contributed by atoms with van der Waals surface area (Å²) in [6.07, 6.45) is -0.238. The first-order chi connectivity index (χ1) is 15.4. The van der Waals surface area contributed by atoms with Gasteiger partial charge in [-0.05, 0) is 40.7 Å². The Morgan fingerprint density at radius 2 is 1.66 bits per heavy atom. The van der Waals surface area contributed by atoms with Crippen molar-refractivity contribution in [1.29, 1.82) is 0 Å². The van der Waals surface area contributed by atoms with Crippen LogP contribution in [0.2, 0.25) is 0 Å². The number of nitrogens with one attached hydrogen (secondary N) is 2. The average Bonchev–Trinajstić information content (AvgIpc) is 3.12. The van der Waals surface area contributed by atoms with Gasteiger partial charge in [0.05, 0.1) is 6.54 Å². The third-order valence-corrected chi connectivity index (χ3v) is 5.96. The molecule has 2 aromatic carbocycles. The Labute approximate surface area is 190 Å². The molecule has 0 fully saturated rings. The number of aliphatic carboxylic acids is 1. The first-order valence-corrected chi connectivity index (χ1v) is 11.6. The number of carbonyl (C=O) groups is 3. The van der Waals surface area contributed by atoms with Gasteiger partial charge in [0.2, 0.25) is 5.91 Å². The smallest absolute Gasteiger partial charge is 0.407 e. The zero-order chi connectivity index (χ0) is 23.1. The number of alkyl carbamates (subject to hydrolysis) is 1. The molecule has 2 amide bonds. The number of fused-ring (bicyclic) bond motifs is 3. The van der Waals surface area contributed by atoms with E-state index in [1.807, 2.05) is 54.8 Å². The van der Waals surface area contributed by atoms with E-state index >= 15 is 0 Å². The molecule has 32 heavy (non-hydrogen) atoms. The molecule has 2 aromatic rings. The second-order valence-electron chi connectivity index (χ2n) is 7.40. The van der Waals surface area contributed by atoms with Crippen LogP contribution in [-0.2, 0) is 14.3 Å². The fourth-order valence-corrected chi connectivity index (χ4v) is 4.17. The second-order valence-corrected chi connectivity index (χ2v) is 8.39. The third-order valence-electron chi connectivity index (χ3n) is 5.32. The summed E-state index contributed by atoms with van der Waals surface area (Å²) in [7, 11) is 0. The van der Waals surface area contributed by atoms with Crippen LogP contribution < -0.4 is 10.6 Å². The van der Waals surface area contributed by atoms with Gasteiger partial charge >= 0.3 is 12.1 Å². The molecule has 0 saturated carbocycles. The molecule has 1 aliphatic rings. The summed E-state index contributed by atoms with van der Waals surface area (Å²) in [5.74, 6) is -1.51. The predicted octanol–water partition coefficient (Wildman–Crippen LogP) is 2.21. The Balaban J connectivity index is 1.61. The maximum Gasteiger partial charge on any atom is 0.407 e. The van der Waals surface area contributed by atoms with E-state index in [-0.39, 0.29) is 12.5 Å². The molecule has 0 spiro atoms. The summed E-state index contributed by atoms with van der Waals surface area (Å²) < 4.78 is 5.48. The van der Waals surface area contributed by atoms with Crippen LogP contribution in [0.25, 0.3) is 11.1 Å². The van der Waals surface area contributed by atoms with Gasteiger partial charge in [-0.1, -0.05) is 48.5 Å². The predicted molar refractivity (Wildman–Crippen MR) is 122 cm³/mol. The largest absolute Gasteiger partial charge is 0.479 e. The number of aliphatic hydroxyl groups excluding tert-OH is 1. The molecule has 0 aromatic heterocycles. The topological polar surface area (TPSA) is 125 Å². The zero-order valence-electron chi connectivity index (χ0n) is 17.6. The van der Waals surface area contributed by atoms with Crippen LogP contribution in [0, 0.1) is 0 Å². The van der Waals surface area contributed by atoms with Crippen LogP contribution in [0.4, 0.5) is 4.79 Å². The normalized spacial score (nSPS) is 14.1. The van der Waals surface area contributed by atoms with E-state index < -0.39 is 36.7 Å². The Kier molecular flexibility index (Phi) is 8.13. The lowest BCUT2D eigenvalue weighted by molar-refractivity contribution is -0.146. The molecule has 2 atom stereocenters. The highest BCUT2D eigenvalue weighted by Crippen LogP contribution is 2.44. The highest BCUT2D eigenvalue weighted by atomic mass is 32.2. The molecule has 170 valence electrons. The van der Waals surface area contributed by atoms with Gasteiger partial charge in [-0.25, -0.2) is 9.59 Å². The number of carbonyl (C=O) groups excluding carboxylic acids is 2. The van der Waals surface area contributed by atoms with E-state index in [1.165, 1.54) is 11.8 Å². The Hall–Kier alpha value is -3.04. The maximum absolute atomic E-state index is 12.5. The Bertz CT molecular complexity index is 937. The lowest BCUT2D eigenvalue weighted by atomic mass is 9.98. The van der Waals surface area contributed by atoms with Gasteiger partial charge in [-0.15, -0.1) is 0 Å². The van der Waals surface area contributed by atoms with Gasteiger partial charge in [0.15, 0.2) is 6.10 Å². The molecule has 0 unspecified atom stereocenters.